The van der Waals surface area contributed by atoms with Crippen LogP contribution in [0.25, 0.3) is 0 Å². The van der Waals surface area contributed by atoms with Crippen molar-refractivity contribution in [1.82, 2.24) is 0 Å². The Balaban J connectivity index is 2.29. The second-order valence-electron chi connectivity index (χ2n) is 6.02. The van der Waals surface area contributed by atoms with Crippen LogP contribution in [0.15, 0.2) is 53.0 Å². The summed E-state index contributed by atoms with van der Waals surface area (Å²) in [5.74, 6) is -4.27. The zero-order valence-corrected chi connectivity index (χ0v) is 14.3. The molecule has 1 aromatic rings. The lowest BCUT2D eigenvalue weighted by Gasteiger charge is -2.33. The molecule has 0 radical (unpaired) electrons. The van der Waals surface area contributed by atoms with E-state index in [0.29, 0.717) is 5.56 Å². The van der Waals surface area contributed by atoms with E-state index in [9.17, 15) is 25.0 Å². The Labute approximate surface area is 144 Å². The van der Waals surface area contributed by atoms with Gasteiger partial charge in [-0.05, 0) is 29.7 Å². The summed E-state index contributed by atoms with van der Waals surface area (Å²) >= 11 is 0. The Morgan fingerprint density at radius 1 is 1.28 bits per heavy atom. The molecular weight excluding hydrogens is 349 g/mol. The van der Waals surface area contributed by atoms with Crippen molar-refractivity contribution in [2.45, 2.75) is 25.0 Å². The van der Waals surface area contributed by atoms with Crippen molar-refractivity contribution in [1.29, 1.82) is 0 Å². The summed E-state index contributed by atoms with van der Waals surface area (Å²) in [6.45, 7) is 1.72. The topological polar surface area (TPSA) is 151 Å². The quantitative estimate of drug-likeness (QED) is 0.342. The van der Waals surface area contributed by atoms with E-state index in [1.165, 1.54) is 24.3 Å². The predicted molar refractivity (Wildman–Crippen MR) is 91.1 cm³/mol. The van der Waals surface area contributed by atoms with Crippen molar-refractivity contribution in [2.75, 3.05) is 0 Å². The normalized spacial score (nSPS) is 21.2. The average molecular weight is 369 g/mol. The van der Waals surface area contributed by atoms with Gasteiger partial charge in [-0.15, -0.1) is 0 Å². The van der Waals surface area contributed by atoms with Gasteiger partial charge in [0.1, 0.15) is 11.5 Å². The number of aliphatic hydroxyl groups is 3. The number of nitrogens with zero attached hydrogens (tertiary/aromatic N) is 1. The van der Waals surface area contributed by atoms with Crippen LogP contribution in [0, 0.1) is 5.92 Å². The van der Waals surface area contributed by atoms with E-state index in [1.807, 2.05) is 0 Å². The highest BCUT2D eigenvalue weighted by Gasteiger charge is 2.39. The van der Waals surface area contributed by atoms with Crippen LogP contribution in [0.1, 0.15) is 24.8 Å². The maximum absolute atomic E-state index is 11.1. The van der Waals surface area contributed by atoms with E-state index in [1.54, 1.807) is 19.1 Å². The lowest BCUT2D eigenvalue weighted by atomic mass is 9.82. The average Bonchev–Trinajstić information content (AvgIpc) is 2.44. The number of aliphatic hydroxyl groups excluding tert-OH is 1. The summed E-state index contributed by atoms with van der Waals surface area (Å²) < 4.78 is 14.3. The van der Waals surface area contributed by atoms with Crippen molar-refractivity contribution in [3.8, 4) is 5.75 Å². The van der Waals surface area contributed by atoms with Crippen LogP contribution in [0.4, 0.5) is 0 Å². The SMILES string of the molecule is CC(CC(O)(O)C1C=CC(O)=CC1=NP(=O)(O)O)c1cccc(O)c1. The second kappa shape index (κ2) is 7.11. The molecule has 25 heavy (non-hydrogen) atoms. The number of phenols is 1. The molecule has 0 aliphatic heterocycles. The van der Waals surface area contributed by atoms with Crippen LogP contribution in [0.2, 0.25) is 0 Å². The molecule has 8 nitrogen and oxygen atoms in total. The lowest BCUT2D eigenvalue weighted by Crippen LogP contribution is -2.42. The van der Waals surface area contributed by atoms with E-state index >= 15 is 0 Å². The molecule has 0 amide bonds. The summed E-state index contributed by atoms with van der Waals surface area (Å²) in [5.41, 5.74) is 0.334. The molecule has 0 heterocycles. The standard InChI is InChI=1S/C16H20NO7P/c1-10(11-3-2-4-12(18)7-11)9-16(20,21)14-6-5-13(19)8-15(14)17-25(22,23)24/h2-8,10,14,18-21H,9H2,1H3,(H2,22,23,24). The van der Waals surface area contributed by atoms with E-state index in [2.05, 4.69) is 4.76 Å². The van der Waals surface area contributed by atoms with E-state index in [-0.39, 0.29) is 29.6 Å². The van der Waals surface area contributed by atoms with Gasteiger partial charge >= 0.3 is 7.75 Å². The number of rotatable bonds is 5. The Kier molecular flexibility index (Phi) is 5.51. The minimum atomic E-state index is -4.82. The third-order valence-corrected chi connectivity index (χ3v) is 4.35. The molecule has 2 atom stereocenters. The van der Waals surface area contributed by atoms with Crippen molar-refractivity contribution >= 4 is 13.5 Å². The number of phenolic OH excluding ortho intramolecular Hbond substituents is 1. The van der Waals surface area contributed by atoms with E-state index < -0.39 is 19.5 Å². The fraction of sp³-hybridized carbons (Fsp3) is 0.312. The molecule has 0 saturated heterocycles. The first-order chi connectivity index (χ1) is 11.5. The van der Waals surface area contributed by atoms with E-state index in [4.69, 9.17) is 9.79 Å². The number of benzene rings is 1. The molecule has 1 aromatic carbocycles. The largest absolute Gasteiger partial charge is 0.508 e. The first kappa shape index (κ1) is 19.4. The highest BCUT2D eigenvalue weighted by Crippen LogP contribution is 2.40. The Hall–Kier alpha value is -1.96. The molecule has 136 valence electrons. The maximum atomic E-state index is 11.1. The smallest absolute Gasteiger partial charge is 0.448 e. The molecule has 0 spiro atoms. The Morgan fingerprint density at radius 3 is 2.56 bits per heavy atom. The zero-order chi connectivity index (χ0) is 18.8. The van der Waals surface area contributed by atoms with Crippen LogP contribution in [-0.2, 0) is 4.57 Å². The molecule has 0 aromatic heterocycles. The third-order valence-electron chi connectivity index (χ3n) is 3.86. The monoisotopic (exact) mass is 369 g/mol. The summed E-state index contributed by atoms with van der Waals surface area (Å²) in [7, 11) is -4.82. The van der Waals surface area contributed by atoms with E-state index in [0.717, 1.165) is 6.08 Å². The van der Waals surface area contributed by atoms with Crippen molar-refractivity contribution in [3.63, 3.8) is 0 Å². The van der Waals surface area contributed by atoms with Gasteiger partial charge in [-0.1, -0.05) is 25.1 Å². The fourth-order valence-electron chi connectivity index (χ4n) is 2.74. The van der Waals surface area contributed by atoms with Crippen LogP contribution in [0.5, 0.6) is 5.75 Å². The Morgan fingerprint density at radius 2 is 1.96 bits per heavy atom. The van der Waals surface area contributed by atoms with Crippen LogP contribution in [0.3, 0.4) is 0 Å². The van der Waals surface area contributed by atoms with Gasteiger partial charge in [0.2, 0.25) is 0 Å². The van der Waals surface area contributed by atoms with Crippen LogP contribution in [-0.4, -0.2) is 41.7 Å². The number of hydrogen-bond donors (Lipinski definition) is 6. The minimum absolute atomic E-state index is 0.0417. The van der Waals surface area contributed by atoms with Gasteiger partial charge in [-0.3, -0.25) is 0 Å². The van der Waals surface area contributed by atoms with Crippen molar-refractivity contribution in [3.05, 3.63) is 53.8 Å². The van der Waals surface area contributed by atoms with Gasteiger partial charge in [0, 0.05) is 12.5 Å². The minimum Gasteiger partial charge on any atom is -0.508 e. The summed E-state index contributed by atoms with van der Waals surface area (Å²) in [6, 6.07) is 6.32. The second-order valence-corrected chi connectivity index (χ2v) is 7.25. The molecule has 1 aliphatic rings. The summed E-state index contributed by atoms with van der Waals surface area (Å²) in [4.78, 5) is 18.1. The zero-order valence-electron chi connectivity index (χ0n) is 13.4. The Bertz CT molecular complexity index is 778. The van der Waals surface area contributed by atoms with Crippen molar-refractivity contribution < 1.29 is 34.8 Å². The van der Waals surface area contributed by atoms with Crippen molar-refractivity contribution in [2.24, 2.45) is 10.7 Å². The van der Waals surface area contributed by atoms with Crippen LogP contribution < -0.4 is 0 Å². The summed E-state index contributed by atoms with van der Waals surface area (Å²) in [6.07, 6.45) is 3.20. The van der Waals surface area contributed by atoms with Gasteiger partial charge in [-0.25, -0.2) is 4.57 Å². The van der Waals surface area contributed by atoms with Gasteiger partial charge in [-0.2, -0.15) is 4.76 Å². The molecule has 0 fully saturated rings. The van der Waals surface area contributed by atoms with Gasteiger partial charge < -0.3 is 30.2 Å². The highest BCUT2D eigenvalue weighted by molar-refractivity contribution is 7.50. The van der Waals surface area contributed by atoms with Gasteiger partial charge in [0.15, 0.2) is 5.79 Å². The lowest BCUT2D eigenvalue weighted by molar-refractivity contribution is -0.181. The van der Waals surface area contributed by atoms with Gasteiger partial charge in [0.25, 0.3) is 0 Å². The molecule has 2 rings (SSSR count). The van der Waals surface area contributed by atoms with Crippen LogP contribution >= 0.6 is 7.75 Å². The first-order valence-corrected chi connectivity index (χ1v) is 9.02. The predicted octanol–water partition coefficient (Wildman–Crippen LogP) is 1.73. The fourth-order valence-corrected chi connectivity index (χ4v) is 3.23. The molecule has 1 aliphatic carbocycles. The number of allylic oxidation sites excluding steroid dienone is 2. The molecule has 2 unspecified atom stereocenters. The maximum Gasteiger partial charge on any atom is 0.448 e. The number of hydrogen-bond acceptors (Lipinski definition) is 5. The molecule has 9 heteroatoms. The molecule has 0 bridgehead atoms. The summed E-state index contributed by atoms with van der Waals surface area (Å²) in [5, 5.41) is 40.0. The molecule has 6 N–H and O–H groups in total. The highest BCUT2D eigenvalue weighted by atomic mass is 31.2. The molecular formula is C16H20NO7P. The molecule has 0 saturated carbocycles. The van der Waals surface area contributed by atoms with Gasteiger partial charge in [0.05, 0.1) is 11.6 Å². The first-order valence-electron chi connectivity index (χ1n) is 7.46. The third kappa shape index (κ3) is 5.26. The number of aromatic hydroxyl groups is 1.